The van der Waals surface area contributed by atoms with Crippen molar-refractivity contribution in [1.82, 2.24) is 0 Å². The molecule has 0 rings (SSSR count). The molecule has 1 N–H and O–H groups in total. The highest BCUT2D eigenvalue weighted by Gasteiger charge is 2.10. The molecule has 0 saturated carbocycles. The lowest BCUT2D eigenvalue weighted by molar-refractivity contribution is 0.253. The summed E-state index contributed by atoms with van der Waals surface area (Å²) in [4.78, 5) is 0. The molecule has 0 aromatic rings. The molecule has 0 radical (unpaired) electrons. The molecule has 15 heavy (non-hydrogen) atoms. The molecule has 0 aliphatic heterocycles. The standard InChI is InChI=1S/C14H26O/c1-5-6-7-14(12(2)3)9-8-13(4)10-11-15/h5,13-15H,1-2,6-11H2,3-4H3. The normalized spacial score (nSPS) is 14.6. The van der Waals surface area contributed by atoms with Crippen LogP contribution in [0.5, 0.6) is 0 Å². The first kappa shape index (κ1) is 14.4. The first-order chi connectivity index (χ1) is 7.11. The van der Waals surface area contributed by atoms with E-state index in [2.05, 4.69) is 27.0 Å². The van der Waals surface area contributed by atoms with Gasteiger partial charge in [-0.15, -0.1) is 6.58 Å². The second-order valence-electron chi connectivity index (χ2n) is 4.60. The molecule has 2 atom stereocenters. The number of aliphatic hydroxyl groups is 1. The summed E-state index contributed by atoms with van der Waals surface area (Å²) in [5, 5.41) is 8.82. The van der Waals surface area contributed by atoms with E-state index in [9.17, 15) is 0 Å². The zero-order chi connectivity index (χ0) is 11.7. The summed E-state index contributed by atoms with van der Waals surface area (Å²) < 4.78 is 0. The van der Waals surface area contributed by atoms with Crippen LogP contribution < -0.4 is 0 Å². The molecule has 0 saturated heterocycles. The third-order valence-corrected chi connectivity index (χ3v) is 3.05. The van der Waals surface area contributed by atoms with Gasteiger partial charge in [-0.05, 0) is 44.4 Å². The Kier molecular flexibility index (Phi) is 8.40. The molecule has 0 heterocycles. The number of hydrogen-bond acceptors (Lipinski definition) is 1. The molecule has 2 unspecified atom stereocenters. The molecule has 0 spiro atoms. The van der Waals surface area contributed by atoms with Gasteiger partial charge in [-0.25, -0.2) is 0 Å². The maximum atomic E-state index is 8.82. The number of rotatable bonds is 9. The molecule has 0 amide bonds. The number of allylic oxidation sites excluding steroid dienone is 2. The minimum Gasteiger partial charge on any atom is -0.396 e. The van der Waals surface area contributed by atoms with E-state index in [0.29, 0.717) is 18.4 Å². The van der Waals surface area contributed by atoms with Crippen LogP contribution in [-0.2, 0) is 0 Å². The average Bonchev–Trinajstić information content (AvgIpc) is 2.17. The van der Waals surface area contributed by atoms with E-state index in [1.807, 2.05) is 6.08 Å². The minimum atomic E-state index is 0.311. The molecular weight excluding hydrogens is 184 g/mol. The van der Waals surface area contributed by atoms with Crippen molar-refractivity contribution in [2.45, 2.75) is 46.0 Å². The lowest BCUT2D eigenvalue weighted by atomic mass is 9.88. The predicted octanol–water partition coefficient (Wildman–Crippen LogP) is 3.94. The Hall–Kier alpha value is -0.560. The molecule has 0 aromatic carbocycles. The molecule has 0 aliphatic carbocycles. The van der Waals surface area contributed by atoms with Crippen LogP contribution in [0.2, 0.25) is 0 Å². The smallest absolute Gasteiger partial charge is 0.0433 e. The van der Waals surface area contributed by atoms with Gasteiger partial charge >= 0.3 is 0 Å². The van der Waals surface area contributed by atoms with Crippen LogP contribution in [-0.4, -0.2) is 11.7 Å². The van der Waals surface area contributed by atoms with Crippen molar-refractivity contribution in [2.24, 2.45) is 11.8 Å². The van der Waals surface area contributed by atoms with Crippen LogP contribution in [0.1, 0.15) is 46.0 Å². The van der Waals surface area contributed by atoms with Crippen LogP contribution >= 0.6 is 0 Å². The van der Waals surface area contributed by atoms with Crippen molar-refractivity contribution in [3.63, 3.8) is 0 Å². The third kappa shape index (κ3) is 7.38. The molecule has 0 fully saturated rings. The number of aliphatic hydroxyl groups excluding tert-OH is 1. The van der Waals surface area contributed by atoms with Gasteiger partial charge in [0, 0.05) is 6.61 Å². The van der Waals surface area contributed by atoms with Gasteiger partial charge in [0.2, 0.25) is 0 Å². The SMILES string of the molecule is C=CCCC(CCC(C)CCO)C(=C)C. The summed E-state index contributed by atoms with van der Waals surface area (Å²) in [6.07, 6.45) is 7.54. The largest absolute Gasteiger partial charge is 0.396 e. The van der Waals surface area contributed by atoms with E-state index in [-0.39, 0.29) is 0 Å². The summed E-state index contributed by atoms with van der Waals surface area (Å²) in [5.41, 5.74) is 1.29. The van der Waals surface area contributed by atoms with E-state index in [4.69, 9.17) is 5.11 Å². The van der Waals surface area contributed by atoms with Crippen LogP contribution in [0.3, 0.4) is 0 Å². The van der Waals surface area contributed by atoms with Gasteiger partial charge in [-0.3, -0.25) is 0 Å². The summed E-state index contributed by atoms with van der Waals surface area (Å²) in [7, 11) is 0. The van der Waals surface area contributed by atoms with E-state index < -0.39 is 0 Å². The lowest BCUT2D eigenvalue weighted by Gasteiger charge is -2.18. The van der Waals surface area contributed by atoms with E-state index in [1.54, 1.807) is 0 Å². The minimum absolute atomic E-state index is 0.311. The Morgan fingerprint density at radius 3 is 2.40 bits per heavy atom. The van der Waals surface area contributed by atoms with Crippen molar-refractivity contribution in [3.05, 3.63) is 24.8 Å². The van der Waals surface area contributed by atoms with Gasteiger partial charge in [-0.2, -0.15) is 0 Å². The van der Waals surface area contributed by atoms with Crippen LogP contribution in [0.25, 0.3) is 0 Å². The van der Waals surface area contributed by atoms with E-state index in [1.165, 1.54) is 24.8 Å². The molecular formula is C14H26O. The van der Waals surface area contributed by atoms with Gasteiger partial charge < -0.3 is 5.11 Å². The monoisotopic (exact) mass is 210 g/mol. The quantitative estimate of drug-likeness (QED) is 0.571. The summed E-state index contributed by atoms with van der Waals surface area (Å²) in [5.74, 6) is 1.25. The molecule has 0 aromatic heterocycles. The second-order valence-corrected chi connectivity index (χ2v) is 4.60. The van der Waals surface area contributed by atoms with Crippen LogP contribution in [0.15, 0.2) is 24.8 Å². The maximum Gasteiger partial charge on any atom is 0.0433 e. The van der Waals surface area contributed by atoms with Gasteiger partial charge in [0.15, 0.2) is 0 Å². The average molecular weight is 210 g/mol. The third-order valence-electron chi connectivity index (χ3n) is 3.05. The molecule has 0 aliphatic rings. The molecule has 1 heteroatoms. The first-order valence-electron chi connectivity index (χ1n) is 5.99. The Balaban J connectivity index is 3.84. The zero-order valence-electron chi connectivity index (χ0n) is 10.3. The predicted molar refractivity (Wildman–Crippen MR) is 67.8 cm³/mol. The zero-order valence-corrected chi connectivity index (χ0v) is 10.3. The van der Waals surface area contributed by atoms with Crippen LogP contribution in [0.4, 0.5) is 0 Å². The van der Waals surface area contributed by atoms with Crippen molar-refractivity contribution >= 4 is 0 Å². The van der Waals surface area contributed by atoms with Gasteiger partial charge in [0.25, 0.3) is 0 Å². The van der Waals surface area contributed by atoms with Crippen LogP contribution in [0, 0.1) is 11.8 Å². The van der Waals surface area contributed by atoms with Crippen molar-refractivity contribution in [2.75, 3.05) is 6.61 Å². The van der Waals surface area contributed by atoms with Crippen molar-refractivity contribution in [1.29, 1.82) is 0 Å². The highest BCUT2D eigenvalue weighted by Crippen LogP contribution is 2.24. The highest BCUT2D eigenvalue weighted by molar-refractivity contribution is 4.96. The second kappa shape index (κ2) is 8.72. The summed E-state index contributed by atoms with van der Waals surface area (Å²) in [6, 6.07) is 0. The first-order valence-corrected chi connectivity index (χ1v) is 5.99. The molecule has 88 valence electrons. The summed E-state index contributed by atoms with van der Waals surface area (Å²) in [6.45, 7) is 12.4. The topological polar surface area (TPSA) is 20.2 Å². The highest BCUT2D eigenvalue weighted by atomic mass is 16.3. The van der Waals surface area contributed by atoms with E-state index >= 15 is 0 Å². The molecule has 1 nitrogen and oxygen atoms in total. The fourth-order valence-corrected chi connectivity index (χ4v) is 1.81. The fourth-order valence-electron chi connectivity index (χ4n) is 1.81. The Labute approximate surface area is 94.9 Å². The Morgan fingerprint density at radius 2 is 1.93 bits per heavy atom. The summed E-state index contributed by atoms with van der Waals surface area (Å²) >= 11 is 0. The van der Waals surface area contributed by atoms with E-state index in [0.717, 1.165) is 12.8 Å². The van der Waals surface area contributed by atoms with Gasteiger partial charge in [0.05, 0.1) is 0 Å². The van der Waals surface area contributed by atoms with Crippen molar-refractivity contribution < 1.29 is 5.11 Å². The fraction of sp³-hybridized carbons (Fsp3) is 0.714. The Bertz CT molecular complexity index is 184. The van der Waals surface area contributed by atoms with Crippen molar-refractivity contribution in [3.8, 4) is 0 Å². The van der Waals surface area contributed by atoms with Gasteiger partial charge in [0.1, 0.15) is 0 Å². The Morgan fingerprint density at radius 1 is 1.27 bits per heavy atom. The number of hydrogen-bond donors (Lipinski definition) is 1. The molecule has 0 bridgehead atoms. The maximum absolute atomic E-state index is 8.82. The lowest BCUT2D eigenvalue weighted by Crippen LogP contribution is -2.05. The van der Waals surface area contributed by atoms with Gasteiger partial charge in [-0.1, -0.05) is 31.6 Å².